The second-order valence-electron chi connectivity index (χ2n) is 2.96. The Morgan fingerprint density at radius 1 is 1.40 bits per heavy atom. The zero-order valence-electron chi connectivity index (χ0n) is 7.89. The molecule has 1 heterocycles. The molecule has 0 bridgehead atoms. The Bertz CT molecular complexity index is 392. The number of hydrazone groups is 1. The number of anilines is 1. The van der Waals surface area contributed by atoms with Crippen LogP contribution in [0, 0.1) is 0 Å². The Morgan fingerprint density at radius 2 is 2.13 bits per heavy atom. The van der Waals surface area contributed by atoms with Gasteiger partial charge in [0.15, 0.2) is 6.61 Å². The van der Waals surface area contributed by atoms with Gasteiger partial charge in [-0.05, 0) is 12.1 Å². The normalized spacial score (nSPS) is 15.9. The molecule has 15 heavy (non-hydrogen) atoms. The van der Waals surface area contributed by atoms with Crippen molar-refractivity contribution in [3.05, 3.63) is 30.3 Å². The van der Waals surface area contributed by atoms with Gasteiger partial charge in [0.25, 0.3) is 5.91 Å². The first-order valence-electron chi connectivity index (χ1n) is 4.45. The van der Waals surface area contributed by atoms with E-state index in [0.29, 0.717) is 11.6 Å². The van der Waals surface area contributed by atoms with Crippen LogP contribution in [0.15, 0.2) is 35.4 Å². The van der Waals surface area contributed by atoms with Crippen LogP contribution in [0.25, 0.3) is 0 Å². The molecule has 4 nitrogen and oxygen atoms in total. The van der Waals surface area contributed by atoms with Gasteiger partial charge in [-0.3, -0.25) is 4.79 Å². The van der Waals surface area contributed by atoms with E-state index >= 15 is 0 Å². The summed E-state index contributed by atoms with van der Waals surface area (Å²) in [5, 5.41) is 5.30. The van der Waals surface area contributed by atoms with Gasteiger partial charge in [-0.15, -0.1) is 16.7 Å². The second kappa shape index (κ2) is 4.31. The number of carbonyl (C=O) groups is 1. The number of benzene rings is 1. The fourth-order valence-electron chi connectivity index (χ4n) is 1.24. The number of ether oxygens (including phenoxy) is 1. The van der Waals surface area contributed by atoms with Gasteiger partial charge in [0.05, 0.1) is 5.69 Å². The van der Waals surface area contributed by atoms with Crippen molar-refractivity contribution < 1.29 is 9.53 Å². The van der Waals surface area contributed by atoms with Crippen molar-refractivity contribution in [2.45, 2.75) is 0 Å². The molecule has 0 aliphatic carbocycles. The van der Waals surface area contributed by atoms with Crippen molar-refractivity contribution >= 4 is 29.1 Å². The molecule has 1 aliphatic rings. The third-order valence-corrected chi connectivity index (χ3v) is 2.15. The first kappa shape index (κ1) is 9.98. The minimum absolute atomic E-state index is 0.0134. The molecule has 2 rings (SSSR count). The van der Waals surface area contributed by atoms with E-state index in [1.54, 1.807) is 12.1 Å². The van der Waals surface area contributed by atoms with Crippen LogP contribution in [0.1, 0.15) is 0 Å². The van der Waals surface area contributed by atoms with E-state index in [1.165, 1.54) is 5.01 Å². The first-order valence-corrected chi connectivity index (χ1v) is 4.99. The highest BCUT2D eigenvalue weighted by Gasteiger charge is 2.22. The van der Waals surface area contributed by atoms with Crippen molar-refractivity contribution in [1.82, 2.24) is 0 Å². The molecule has 0 N–H and O–H groups in total. The number of hydrogen-bond donors (Lipinski definition) is 0. The highest BCUT2D eigenvalue weighted by Crippen LogP contribution is 2.16. The molecule has 78 valence electrons. The Morgan fingerprint density at radius 3 is 2.80 bits per heavy atom. The van der Waals surface area contributed by atoms with Gasteiger partial charge in [-0.25, -0.2) is 0 Å². The van der Waals surface area contributed by atoms with Crippen LogP contribution in [0.3, 0.4) is 0 Å². The smallest absolute Gasteiger partial charge is 0.285 e. The van der Waals surface area contributed by atoms with Crippen molar-refractivity contribution in [2.75, 3.05) is 17.5 Å². The third kappa shape index (κ3) is 2.10. The second-order valence-corrected chi connectivity index (χ2v) is 3.22. The SMILES string of the molecule is O=C1COC(CCl)=NN1c1ccccc1. The first-order chi connectivity index (χ1) is 7.31. The Hall–Kier alpha value is -1.55. The Balaban J connectivity index is 2.31. The van der Waals surface area contributed by atoms with E-state index in [0.717, 1.165) is 0 Å². The van der Waals surface area contributed by atoms with Crippen LogP contribution < -0.4 is 5.01 Å². The lowest BCUT2D eigenvalue weighted by Crippen LogP contribution is -2.36. The third-order valence-electron chi connectivity index (χ3n) is 1.93. The fraction of sp³-hybridized carbons (Fsp3) is 0.200. The zero-order chi connectivity index (χ0) is 10.7. The number of nitrogens with zero attached hydrogens (tertiary/aromatic N) is 2. The molecule has 0 radical (unpaired) electrons. The number of hydrogen-bond acceptors (Lipinski definition) is 3. The molecular formula is C10H9ClN2O2. The lowest BCUT2D eigenvalue weighted by molar-refractivity contribution is -0.121. The predicted octanol–water partition coefficient (Wildman–Crippen LogP) is 1.60. The van der Waals surface area contributed by atoms with Crippen LogP contribution in [-0.2, 0) is 9.53 Å². The molecule has 0 atom stereocenters. The molecule has 0 aromatic heterocycles. The van der Waals surface area contributed by atoms with Crippen LogP contribution >= 0.6 is 11.6 Å². The summed E-state index contributed by atoms with van der Waals surface area (Å²) in [5.41, 5.74) is 0.716. The molecule has 1 aromatic rings. The van der Waals surface area contributed by atoms with E-state index in [9.17, 15) is 4.79 Å². The summed E-state index contributed by atoms with van der Waals surface area (Å²) in [6.07, 6.45) is 0. The number of alkyl halides is 1. The average molecular weight is 225 g/mol. The van der Waals surface area contributed by atoms with Crippen LogP contribution in [0.4, 0.5) is 5.69 Å². The summed E-state index contributed by atoms with van der Waals surface area (Å²) in [6, 6.07) is 9.17. The summed E-state index contributed by atoms with van der Waals surface area (Å²) in [4.78, 5) is 11.5. The predicted molar refractivity (Wildman–Crippen MR) is 58.0 cm³/mol. The standard InChI is InChI=1S/C10H9ClN2O2/c11-6-9-12-13(10(14)7-15-9)8-4-2-1-3-5-8/h1-5H,6-7H2. The fourth-order valence-corrected chi connectivity index (χ4v) is 1.37. The molecule has 5 heteroatoms. The van der Waals surface area contributed by atoms with Gasteiger partial charge in [0.1, 0.15) is 5.88 Å². The van der Waals surface area contributed by atoms with Crippen LogP contribution in [0.5, 0.6) is 0 Å². The number of rotatable bonds is 2. The van der Waals surface area contributed by atoms with Gasteiger partial charge >= 0.3 is 0 Å². The largest absolute Gasteiger partial charge is 0.469 e. The molecule has 0 saturated heterocycles. The molecule has 0 unspecified atom stereocenters. The summed E-state index contributed by atoms with van der Waals surface area (Å²) in [5.74, 6) is 0.326. The number of amides is 1. The van der Waals surface area contributed by atoms with Gasteiger partial charge in [0.2, 0.25) is 5.90 Å². The molecular weight excluding hydrogens is 216 g/mol. The van der Waals surface area contributed by atoms with Crippen LogP contribution in [-0.4, -0.2) is 24.3 Å². The maximum absolute atomic E-state index is 11.5. The minimum Gasteiger partial charge on any atom is -0.469 e. The number of para-hydroxylation sites is 1. The topological polar surface area (TPSA) is 41.9 Å². The summed E-state index contributed by atoms with van der Waals surface area (Å²) >= 11 is 5.59. The lowest BCUT2D eigenvalue weighted by atomic mass is 10.3. The maximum Gasteiger partial charge on any atom is 0.285 e. The van der Waals surface area contributed by atoms with Crippen molar-refractivity contribution in [1.29, 1.82) is 0 Å². The summed E-state index contributed by atoms with van der Waals surface area (Å²) < 4.78 is 5.02. The molecule has 0 saturated carbocycles. The Kier molecular flexibility index (Phi) is 2.87. The monoisotopic (exact) mass is 224 g/mol. The highest BCUT2D eigenvalue weighted by atomic mass is 35.5. The minimum atomic E-state index is -0.199. The van der Waals surface area contributed by atoms with Gasteiger partial charge in [-0.2, -0.15) is 5.01 Å². The Labute approximate surface area is 92.1 Å². The molecule has 0 spiro atoms. The summed E-state index contributed by atoms with van der Waals surface area (Å²) in [7, 11) is 0. The summed E-state index contributed by atoms with van der Waals surface area (Å²) in [6.45, 7) is -0.0134. The maximum atomic E-state index is 11.5. The molecule has 0 fully saturated rings. The van der Waals surface area contributed by atoms with E-state index in [-0.39, 0.29) is 18.4 Å². The van der Waals surface area contributed by atoms with Crippen molar-refractivity contribution in [3.8, 4) is 0 Å². The number of halogens is 1. The number of carbonyl (C=O) groups excluding carboxylic acids is 1. The van der Waals surface area contributed by atoms with E-state index in [1.807, 2.05) is 18.2 Å². The van der Waals surface area contributed by atoms with E-state index in [2.05, 4.69) is 5.10 Å². The highest BCUT2D eigenvalue weighted by molar-refractivity contribution is 6.27. The molecule has 1 aliphatic heterocycles. The van der Waals surface area contributed by atoms with Crippen LogP contribution in [0.2, 0.25) is 0 Å². The average Bonchev–Trinajstić information content (AvgIpc) is 2.31. The van der Waals surface area contributed by atoms with Crippen molar-refractivity contribution in [3.63, 3.8) is 0 Å². The zero-order valence-corrected chi connectivity index (χ0v) is 8.65. The van der Waals surface area contributed by atoms with Gasteiger partial charge in [-0.1, -0.05) is 18.2 Å². The van der Waals surface area contributed by atoms with E-state index in [4.69, 9.17) is 16.3 Å². The lowest BCUT2D eigenvalue weighted by Gasteiger charge is -2.22. The molecule has 1 amide bonds. The van der Waals surface area contributed by atoms with E-state index < -0.39 is 0 Å². The van der Waals surface area contributed by atoms with Gasteiger partial charge in [0, 0.05) is 0 Å². The van der Waals surface area contributed by atoms with Gasteiger partial charge < -0.3 is 4.74 Å². The molecule has 1 aromatic carbocycles. The van der Waals surface area contributed by atoms with Crippen molar-refractivity contribution in [2.24, 2.45) is 5.10 Å². The quantitative estimate of drug-likeness (QED) is 0.716.